The molecule has 0 aromatic rings. The average molecular weight is 152 g/mol. The van der Waals surface area contributed by atoms with Crippen LogP contribution in [0.5, 0.6) is 0 Å². The first-order valence-electron chi connectivity index (χ1n) is 4.74. The van der Waals surface area contributed by atoms with Gasteiger partial charge in [0.1, 0.15) is 0 Å². The molecule has 0 radical (unpaired) electrons. The molecule has 1 aliphatic heterocycles. The lowest BCUT2D eigenvalue weighted by Crippen LogP contribution is -2.17. The first-order valence-corrected chi connectivity index (χ1v) is 4.74. The average Bonchev–Trinajstić information content (AvgIpc) is 2.04. The Morgan fingerprint density at radius 3 is 2.91 bits per heavy atom. The van der Waals surface area contributed by atoms with Crippen molar-refractivity contribution < 1.29 is 4.74 Å². The predicted octanol–water partition coefficient (Wildman–Crippen LogP) is 3.01. The number of hydrogen-bond acceptors (Lipinski definition) is 1. The van der Waals surface area contributed by atoms with Gasteiger partial charge in [-0.2, -0.15) is 0 Å². The summed E-state index contributed by atoms with van der Waals surface area (Å²) in [6, 6.07) is 0. The van der Waals surface area contributed by atoms with E-state index in [1.165, 1.54) is 44.3 Å². The van der Waals surface area contributed by atoms with E-state index in [9.17, 15) is 0 Å². The lowest BCUT2D eigenvalue weighted by atomic mass is 9.91. The van der Waals surface area contributed by atoms with Crippen molar-refractivity contribution in [2.75, 3.05) is 0 Å². The summed E-state index contributed by atoms with van der Waals surface area (Å²) in [7, 11) is 0. The molecule has 11 heavy (non-hydrogen) atoms. The molecule has 62 valence electrons. The molecule has 1 heteroatoms. The molecule has 1 aliphatic carbocycles. The SMILES string of the molecule is CC1CCC2=C(CCCC2)O1. The third kappa shape index (κ3) is 1.42. The summed E-state index contributed by atoms with van der Waals surface area (Å²) < 4.78 is 5.77. The van der Waals surface area contributed by atoms with Crippen molar-refractivity contribution >= 4 is 0 Å². The molecule has 2 rings (SSSR count). The van der Waals surface area contributed by atoms with Gasteiger partial charge in [0.2, 0.25) is 0 Å². The lowest BCUT2D eigenvalue weighted by molar-refractivity contribution is 0.0921. The molecule has 2 aliphatic rings. The molecule has 0 fully saturated rings. The van der Waals surface area contributed by atoms with Crippen LogP contribution < -0.4 is 0 Å². The fraction of sp³-hybridized carbons (Fsp3) is 0.800. The highest BCUT2D eigenvalue weighted by molar-refractivity contribution is 5.14. The summed E-state index contributed by atoms with van der Waals surface area (Å²) in [6.07, 6.45) is 8.26. The van der Waals surface area contributed by atoms with Crippen LogP contribution in [0.4, 0.5) is 0 Å². The van der Waals surface area contributed by atoms with E-state index < -0.39 is 0 Å². The molecule has 0 saturated carbocycles. The highest BCUT2D eigenvalue weighted by atomic mass is 16.5. The zero-order valence-corrected chi connectivity index (χ0v) is 7.23. The van der Waals surface area contributed by atoms with Crippen molar-refractivity contribution in [2.45, 2.75) is 51.6 Å². The van der Waals surface area contributed by atoms with Crippen LogP contribution in [0.2, 0.25) is 0 Å². The smallest absolute Gasteiger partial charge is 0.0957 e. The maximum atomic E-state index is 5.77. The first-order chi connectivity index (χ1) is 5.36. The van der Waals surface area contributed by atoms with Gasteiger partial charge in [0.25, 0.3) is 0 Å². The van der Waals surface area contributed by atoms with Crippen LogP contribution in [0.25, 0.3) is 0 Å². The summed E-state index contributed by atoms with van der Waals surface area (Å²) in [5.74, 6) is 1.34. The lowest BCUT2D eigenvalue weighted by Gasteiger charge is -2.29. The molecule has 0 N–H and O–H groups in total. The monoisotopic (exact) mass is 152 g/mol. The quantitative estimate of drug-likeness (QED) is 0.518. The third-order valence-electron chi connectivity index (χ3n) is 2.72. The van der Waals surface area contributed by atoms with Crippen molar-refractivity contribution in [3.63, 3.8) is 0 Å². The number of ether oxygens (including phenoxy) is 1. The second-order valence-corrected chi connectivity index (χ2v) is 3.70. The molecule has 0 amide bonds. The van der Waals surface area contributed by atoms with Crippen LogP contribution in [0.1, 0.15) is 45.4 Å². The summed E-state index contributed by atoms with van der Waals surface area (Å²) in [5, 5.41) is 0. The molecule has 1 atom stereocenters. The van der Waals surface area contributed by atoms with E-state index in [-0.39, 0.29) is 0 Å². The zero-order valence-electron chi connectivity index (χ0n) is 7.23. The molecule has 1 nitrogen and oxygen atoms in total. The summed E-state index contributed by atoms with van der Waals surface area (Å²) in [5.41, 5.74) is 1.62. The predicted molar refractivity (Wildman–Crippen MR) is 45.3 cm³/mol. The largest absolute Gasteiger partial charge is 0.495 e. The first kappa shape index (κ1) is 7.20. The minimum Gasteiger partial charge on any atom is -0.495 e. The second kappa shape index (κ2) is 2.88. The van der Waals surface area contributed by atoms with Gasteiger partial charge in [-0.05, 0) is 44.6 Å². The van der Waals surface area contributed by atoms with Crippen LogP contribution in [0, 0.1) is 0 Å². The molecule has 1 heterocycles. The van der Waals surface area contributed by atoms with Crippen molar-refractivity contribution in [2.24, 2.45) is 0 Å². The van der Waals surface area contributed by atoms with E-state index in [0.29, 0.717) is 6.10 Å². The Morgan fingerprint density at radius 2 is 2.00 bits per heavy atom. The van der Waals surface area contributed by atoms with Gasteiger partial charge in [-0.3, -0.25) is 0 Å². The summed E-state index contributed by atoms with van der Waals surface area (Å²) in [4.78, 5) is 0. The number of hydrogen-bond donors (Lipinski definition) is 0. The summed E-state index contributed by atoms with van der Waals surface area (Å²) >= 11 is 0. The molecule has 0 spiro atoms. The van der Waals surface area contributed by atoms with Crippen LogP contribution >= 0.6 is 0 Å². The Kier molecular flexibility index (Phi) is 1.89. The van der Waals surface area contributed by atoms with E-state index >= 15 is 0 Å². The van der Waals surface area contributed by atoms with E-state index in [2.05, 4.69) is 6.92 Å². The molecule has 0 saturated heterocycles. The Bertz CT molecular complexity index is 181. The minimum atomic E-state index is 0.479. The third-order valence-corrected chi connectivity index (χ3v) is 2.72. The molecule has 0 aromatic heterocycles. The van der Waals surface area contributed by atoms with Gasteiger partial charge in [-0.25, -0.2) is 0 Å². The molecule has 0 bridgehead atoms. The van der Waals surface area contributed by atoms with Crippen molar-refractivity contribution in [1.29, 1.82) is 0 Å². The van der Waals surface area contributed by atoms with Gasteiger partial charge < -0.3 is 4.74 Å². The van der Waals surface area contributed by atoms with Crippen LogP contribution in [-0.2, 0) is 4.74 Å². The topological polar surface area (TPSA) is 9.23 Å². The van der Waals surface area contributed by atoms with E-state index in [1.54, 1.807) is 5.57 Å². The number of allylic oxidation sites excluding steroid dienone is 2. The fourth-order valence-corrected chi connectivity index (χ4v) is 2.03. The van der Waals surface area contributed by atoms with Crippen LogP contribution in [0.15, 0.2) is 11.3 Å². The normalized spacial score (nSPS) is 31.2. The van der Waals surface area contributed by atoms with Gasteiger partial charge >= 0.3 is 0 Å². The van der Waals surface area contributed by atoms with Gasteiger partial charge in [-0.1, -0.05) is 0 Å². The molecule has 1 unspecified atom stereocenters. The van der Waals surface area contributed by atoms with Crippen molar-refractivity contribution in [3.05, 3.63) is 11.3 Å². The van der Waals surface area contributed by atoms with Gasteiger partial charge in [0.05, 0.1) is 11.9 Å². The number of rotatable bonds is 0. The Hall–Kier alpha value is -0.460. The maximum Gasteiger partial charge on any atom is 0.0957 e. The van der Waals surface area contributed by atoms with Gasteiger partial charge in [0.15, 0.2) is 0 Å². The summed E-state index contributed by atoms with van der Waals surface area (Å²) in [6.45, 7) is 2.18. The van der Waals surface area contributed by atoms with E-state index in [1.807, 2.05) is 0 Å². The zero-order chi connectivity index (χ0) is 7.68. The molecule has 0 aromatic carbocycles. The second-order valence-electron chi connectivity index (χ2n) is 3.70. The minimum absolute atomic E-state index is 0.479. The van der Waals surface area contributed by atoms with Crippen molar-refractivity contribution in [1.82, 2.24) is 0 Å². The standard InChI is InChI=1S/C10H16O/c1-8-6-7-9-4-2-3-5-10(9)11-8/h8H,2-7H2,1H3. The van der Waals surface area contributed by atoms with E-state index in [4.69, 9.17) is 4.74 Å². The van der Waals surface area contributed by atoms with Gasteiger partial charge in [0, 0.05) is 6.42 Å². The highest BCUT2D eigenvalue weighted by Gasteiger charge is 2.20. The van der Waals surface area contributed by atoms with Gasteiger partial charge in [-0.15, -0.1) is 0 Å². The van der Waals surface area contributed by atoms with Crippen molar-refractivity contribution in [3.8, 4) is 0 Å². The Balaban J connectivity index is 2.12. The molecular weight excluding hydrogens is 136 g/mol. The Labute approximate surface area is 68.4 Å². The Morgan fingerprint density at radius 1 is 1.18 bits per heavy atom. The maximum absolute atomic E-state index is 5.77. The molecular formula is C10H16O. The van der Waals surface area contributed by atoms with E-state index in [0.717, 1.165) is 0 Å². The highest BCUT2D eigenvalue weighted by Crippen LogP contribution is 2.33. The fourth-order valence-electron chi connectivity index (χ4n) is 2.03. The van der Waals surface area contributed by atoms with Crippen LogP contribution in [-0.4, -0.2) is 6.10 Å². The van der Waals surface area contributed by atoms with Crippen LogP contribution in [0.3, 0.4) is 0 Å².